The summed E-state index contributed by atoms with van der Waals surface area (Å²) in [6, 6.07) is 18.1. The van der Waals surface area contributed by atoms with Gasteiger partial charge in [0.05, 0.1) is 0 Å². The molecule has 2 aromatic carbocycles. The number of alkyl carbamates (subject to hydrolysis) is 1. The molecule has 1 amide bonds. The lowest BCUT2D eigenvalue weighted by atomic mass is 9.98. The van der Waals surface area contributed by atoms with Crippen LogP contribution in [0.2, 0.25) is 0 Å². The van der Waals surface area contributed by atoms with Crippen LogP contribution in [0.1, 0.15) is 33.6 Å². The van der Waals surface area contributed by atoms with Crippen molar-refractivity contribution in [3.8, 4) is 11.1 Å². The predicted octanol–water partition coefficient (Wildman–Crippen LogP) is 3.99. The van der Waals surface area contributed by atoms with Gasteiger partial charge in [-0.25, -0.2) is 4.79 Å². The predicted molar refractivity (Wildman–Crippen MR) is 113 cm³/mol. The van der Waals surface area contributed by atoms with E-state index in [1.54, 1.807) is 5.38 Å². The first-order valence-corrected chi connectivity index (χ1v) is 10.4. The number of fused-ring (bicyclic) bond motifs is 3. The third-order valence-corrected chi connectivity index (χ3v) is 6.14. The van der Waals surface area contributed by atoms with Crippen molar-refractivity contribution < 1.29 is 19.7 Å². The van der Waals surface area contributed by atoms with Crippen LogP contribution in [0.4, 0.5) is 4.79 Å². The van der Waals surface area contributed by atoms with Gasteiger partial charge in [0, 0.05) is 17.3 Å². The van der Waals surface area contributed by atoms with Crippen molar-refractivity contribution in [2.75, 3.05) is 13.2 Å². The Labute approximate surface area is 173 Å². The molecule has 3 aromatic rings. The Morgan fingerprint density at radius 3 is 2.31 bits per heavy atom. The van der Waals surface area contributed by atoms with Crippen molar-refractivity contribution in [3.05, 3.63) is 81.5 Å². The highest BCUT2D eigenvalue weighted by Gasteiger charge is 2.29. The van der Waals surface area contributed by atoms with Gasteiger partial charge >= 0.3 is 6.09 Å². The molecule has 1 aliphatic carbocycles. The van der Waals surface area contributed by atoms with E-state index in [0.717, 1.165) is 16.0 Å². The zero-order chi connectivity index (χ0) is 20.4. The van der Waals surface area contributed by atoms with E-state index in [1.165, 1.54) is 22.5 Å². The lowest BCUT2D eigenvalue weighted by Crippen LogP contribution is -2.36. The molecule has 0 bridgehead atoms. The highest BCUT2D eigenvalue weighted by Crippen LogP contribution is 2.44. The van der Waals surface area contributed by atoms with E-state index in [-0.39, 0.29) is 19.1 Å². The van der Waals surface area contributed by atoms with Crippen molar-refractivity contribution in [2.24, 2.45) is 0 Å². The Bertz CT molecular complexity index is 970. The highest BCUT2D eigenvalue weighted by atomic mass is 32.1. The Hall–Kier alpha value is -2.67. The molecule has 1 aliphatic rings. The Balaban J connectivity index is 1.34. The molecule has 1 aromatic heterocycles. The second-order valence-electron chi connectivity index (χ2n) is 7.21. The third-order valence-electron chi connectivity index (χ3n) is 5.26. The van der Waals surface area contributed by atoms with Crippen LogP contribution >= 0.6 is 11.3 Å². The van der Waals surface area contributed by atoms with Gasteiger partial charge in [0.1, 0.15) is 18.8 Å². The second kappa shape index (κ2) is 8.37. The number of aliphatic hydroxyl groups excluding tert-OH is 2. The molecule has 0 aliphatic heterocycles. The summed E-state index contributed by atoms with van der Waals surface area (Å²) >= 11 is 1.50. The first kappa shape index (κ1) is 19.6. The third kappa shape index (κ3) is 4.05. The average molecular weight is 410 g/mol. The molecule has 1 heterocycles. The van der Waals surface area contributed by atoms with E-state index in [2.05, 4.69) is 29.6 Å². The molecule has 150 valence electrons. The van der Waals surface area contributed by atoms with Gasteiger partial charge in [-0.3, -0.25) is 0 Å². The number of carbonyl (C=O) groups is 1. The van der Waals surface area contributed by atoms with Crippen LogP contribution in [-0.2, 0) is 4.74 Å². The topological polar surface area (TPSA) is 78.8 Å². The van der Waals surface area contributed by atoms with Gasteiger partial charge < -0.3 is 20.3 Å². The molecule has 4 rings (SSSR count). The van der Waals surface area contributed by atoms with Gasteiger partial charge in [-0.2, -0.15) is 0 Å². The van der Waals surface area contributed by atoms with Gasteiger partial charge in [-0.1, -0.05) is 48.5 Å². The van der Waals surface area contributed by atoms with Crippen LogP contribution in [0.15, 0.2) is 60.0 Å². The van der Waals surface area contributed by atoms with E-state index < -0.39 is 18.3 Å². The molecule has 0 saturated carbocycles. The Morgan fingerprint density at radius 2 is 1.72 bits per heavy atom. The van der Waals surface area contributed by atoms with E-state index >= 15 is 0 Å². The minimum Gasteiger partial charge on any atom is -0.449 e. The summed E-state index contributed by atoms with van der Waals surface area (Å²) in [4.78, 5) is 13.2. The Morgan fingerprint density at radius 1 is 1.10 bits per heavy atom. The first-order valence-electron chi connectivity index (χ1n) is 9.54. The van der Waals surface area contributed by atoms with Crippen molar-refractivity contribution in [3.63, 3.8) is 0 Å². The smallest absolute Gasteiger partial charge is 0.407 e. The van der Waals surface area contributed by atoms with Crippen LogP contribution in [-0.4, -0.2) is 35.6 Å². The minimum absolute atomic E-state index is 0.0163. The van der Waals surface area contributed by atoms with Gasteiger partial charge in [0.25, 0.3) is 0 Å². The summed E-state index contributed by atoms with van der Waals surface area (Å²) in [5.41, 5.74) is 5.27. The quantitative estimate of drug-likeness (QED) is 0.575. The van der Waals surface area contributed by atoms with Gasteiger partial charge in [0.2, 0.25) is 0 Å². The fourth-order valence-electron chi connectivity index (χ4n) is 3.79. The molecule has 6 heteroatoms. The van der Waals surface area contributed by atoms with Crippen molar-refractivity contribution >= 4 is 17.4 Å². The highest BCUT2D eigenvalue weighted by molar-refractivity contribution is 7.10. The fraction of sp³-hybridized carbons (Fsp3) is 0.261. The molecule has 29 heavy (non-hydrogen) atoms. The van der Waals surface area contributed by atoms with Crippen LogP contribution in [0.3, 0.4) is 0 Å². The molecule has 0 saturated heterocycles. The SMILES string of the molecule is Cc1cc(C(O)C(O)CNC(=O)OCC2c3ccccc3-c3ccccc32)cs1. The molecular weight excluding hydrogens is 386 g/mol. The standard InChI is InChI=1S/C23H23NO4S/c1-14-10-15(13-29-14)22(26)21(25)11-24-23(27)28-12-20-18-8-4-2-6-16(18)17-7-3-5-9-19(17)20/h2-10,13,20-22,25-26H,11-12H2,1H3,(H,24,27). The van der Waals surface area contributed by atoms with Crippen molar-refractivity contribution in [1.29, 1.82) is 0 Å². The van der Waals surface area contributed by atoms with Crippen LogP contribution < -0.4 is 5.32 Å². The maximum Gasteiger partial charge on any atom is 0.407 e. The Kier molecular flexibility index (Phi) is 5.67. The number of nitrogens with one attached hydrogen (secondary N) is 1. The normalized spacial score (nSPS) is 14.7. The fourth-order valence-corrected chi connectivity index (χ4v) is 4.52. The first-order chi connectivity index (χ1) is 14.0. The summed E-state index contributed by atoms with van der Waals surface area (Å²) < 4.78 is 5.44. The number of aliphatic hydroxyl groups is 2. The van der Waals surface area contributed by atoms with Crippen molar-refractivity contribution in [1.82, 2.24) is 5.32 Å². The second-order valence-corrected chi connectivity index (χ2v) is 8.32. The van der Waals surface area contributed by atoms with E-state index in [0.29, 0.717) is 5.56 Å². The molecular formula is C23H23NO4S. The number of ether oxygens (including phenoxy) is 1. The number of hydrogen-bond acceptors (Lipinski definition) is 5. The van der Waals surface area contributed by atoms with Crippen molar-refractivity contribution in [2.45, 2.75) is 25.0 Å². The number of thiophene rings is 1. The zero-order valence-electron chi connectivity index (χ0n) is 16.0. The van der Waals surface area contributed by atoms with Crippen LogP contribution in [0.25, 0.3) is 11.1 Å². The number of amides is 1. The number of benzene rings is 2. The molecule has 0 spiro atoms. The molecule has 3 N–H and O–H groups in total. The summed E-state index contributed by atoms with van der Waals surface area (Å²) in [5.74, 6) is -0.0163. The number of rotatable bonds is 6. The van der Waals surface area contributed by atoms with Gasteiger partial charge in [-0.15, -0.1) is 11.3 Å². The summed E-state index contributed by atoms with van der Waals surface area (Å²) in [6.45, 7) is 2.05. The molecule has 5 nitrogen and oxygen atoms in total. The molecule has 0 fully saturated rings. The van der Waals surface area contributed by atoms with Crippen LogP contribution in [0, 0.1) is 6.92 Å². The van der Waals surface area contributed by atoms with E-state index in [4.69, 9.17) is 4.74 Å². The maximum atomic E-state index is 12.2. The lowest BCUT2D eigenvalue weighted by molar-refractivity contribution is 0.0188. The van der Waals surface area contributed by atoms with E-state index in [1.807, 2.05) is 37.3 Å². The molecule has 2 unspecified atom stereocenters. The van der Waals surface area contributed by atoms with Gasteiger partial charge in [0.15, 0.2) is 0 Å². The average Bonchev–Trinajstić information content (AvgIpc) is 3.31. The summed E-state index contributed by atoms with van der Waals surface area (Å²) in [6.07, 6.45) is -2.77. The number of carbonyl (C=O) groups excluding carboxylic acids is 1. The largest absolute Gasteiger partial charge is 0.449 e. The summed E-state index contributed by atoms with van der Waals surface area (Å²) in [5, 5.41) is 24.7. The number of hydrogen-bond donors (Lipinski definition) is 3. The molecule has 2 atom stereocenters. The lowest BCUT2D eigenvalue weighted by Gasteiger charge is -2.18. The number of aryl methyl sites for hydroxylation is 1. The zero-order valence-corrected chi connectivity index (χ0v) is 16.9. The minimum atomic E-state index is -1.11. The maximum absolute atomic E-state index is 12.2. The van der Waals surface area contributed by atoms with E-state index in [9.17, 15) is 15.0 Å². The summed E-state index contributed by atoms with van der Waals surface area (Å²) in [7, 11) is 0. The molecule has 0 radical (unpaired) electrons. The van der Waals surface area contributed by atoms with Crippen LogP contribution in [0.5, 0.6) is 0 Å². The van der Waals surface area contributed by atoms with Gasteiger partial charge in [-0.05, 0) is 46.2 Å². The monoisotopic (exact) mass is 409 g/mol.